The number of carbonyl (C=O) groups is 2. The van der Waals surface area contributed by atoms with Crippen LogP contribution in [0.3, 0.4) is 0 Å². The van der Waals surface area contributed by atoms with Crippen molar-refractivity contribution in [2.24, 2.45) is 5.14 Å². The number of nitrogens with zero attached hydrogens (tertiary/aromatic N) is 2. The minimum atomic E-state index is -4.20. The van der Waals surface area contributed by atoms with Gasteiger partial charge in [0, 0.05) is 26.7 Å². The van der Waals surface area contributed by atoms with E-state index in [2.05, 4.69) is 0 Å². The van der Waals surface area contributed by atoms with Crippen molar-refractivity contribution in [2.45, 2.75) is 38.5 Å². The molecule has 3 N–H and O–H groups in total. The Morgan fingerprint density at radius 2 is 1.73 bits per heavy atom. The standard InChI is InChI=1S/C18H22N2O5S.C5H11NO/c1-3-4-10-20(2)15-11-13(18(21)22)12-16(26(19,23)24)17(15)25-14-8-6-5-7-9-14;1-3-6(4-2)5-7/h5-9,11-12H,3-4,10H2,1-2H3,(H,21,22)(H2,19,23,24);5H,3-4H2,1-2H3. The average molecular weight is 480 g/mol. The molecule has 0 radical (unpaired) electrons. The number of nitrogens with two attached hydrogens (primary N) is 1. The Morgan fingerprint density at radius 1 is 1.12 bits per heavy atom. The number of aromatic carboxylic acids is 1. The molecule has 2 rings (SSSR count). The van der Waals surface area contributed by atoms with Crippen LogP contribution in [-0.2, 0) is 14.8 Å². The Morgan fingerprint density at radius 3 is 2.15 bits per heavy atom. The highest BCUT2D eigenvalue weighted by Crippen LogP contribution is 2.39. The molecular formula is C23H33N3O6S. The second-order valence-electron chi connectivity index (χ2n) is 7.19. The molecule has 9 nitrogen and oxygen atoms in total. The molecule has 0 heterocycles. The number of unbranched alkanes of at least 4 members (excludes halogenated alkanes) is 1. The number of carbonyl (C=O) groups excluding carboxylic acids is 1. The van der Waals surface area contributed by atoms with Crippen LogP contribution >= 0.6 is 0 Å². The van der Waals surface area contributed by atoms with E-state index < -0.39 is 16.0 Å². The van der Waals surface area contributed by atoms with E-state index in [4.69, 9.17) is 9.88 Å². The summed E-state index contributed by atoms with van der Waals surface area (Å²) in [5.74, 6) is -0.806. The molecule has 33 heavy (non-hydrogen) atoms. The van der Waals surface area contributed by atoms with Crippen LogP contribution in [0.1, 0.15) is 44.0 Å². The summed E-state index contributed by atoms with van der Waals surface area (Å²) in [7, 11) is -2.45. The van der Waals surface area contributed by atoms with Crippen LogP contribution < -0.4 is 14.8 Å². The van der Waals surface area contributed by atoms with Crippen molar-refractivity contribution >= 4 is 28.1 Å². The van der Waals surface area contributed by atoms with E-state index in [0.29, 0.717) is 18.0 Å². The van der Waals surface area contributed by atoms with Crippen LogP contribution in [0.2, 0.25) is 0 Å². The van der Waals surface area contributed by atoms with Gasteiger partial charge >= 0.3 is 5.97 Å². The van der Waals surface area contributed by atoms with Gasteiger partial charge in [-0.2, -0.15) is 0 Å². The maximum atomic E-state index is 12.1. The molecule has 0 saturated carbocycles. The summed E-state index contributed by atoms with van der Waals surface area (Å²) >= 11 is 0. The first-order chi connectivity index (χ1) is 15.6. The third kappa shape index (κ3) is 8.74. The van der Waals surface area contributed by atoms with Gasteiger partial charge in [0.25, 0.3) is 0 Å². The van der Waals surface area contributed by atoms with Gasteiger partial charge in [-0.15, -0.1) is 0 Å². The Hall–Kier alpha value is -3.11. The number of rotatable bonds is 11. The number of sulfonamides is 1. The summed E-state index contributed by atoms with van der Waals surface area (Å²) in [6.45, 7) is 8.18. The zero-order chi connectivity index (χ0) is 25.0. The fourth-order valence-electron chi connectivity index (χ4n) is 2.80. The summed E-state index contributed by atoms with van der Waals surface area (Å²) in [4.78, 5) is 24.4. The van der Waals surface area contributed by atoms with E-state index >= 15 is 0 Å². The Labute approximate surface area is 195 Å². The van der Waals surface area contributed by atoms with Crippen molar-refractivity contribution < 1.29 is 27.9 Å². The maximum absolute atomic E-state index is 12.1. The van der Waals surface area contributed by atoms with Crippen molar-refractivity contribution in [2.75, 3.05) is 31.6 Å². The van der Waals surface area contributed by atoms with Crippen LogP contribution in [0.25, 0.3) is 0 Å². The molecule has 10 heteroatoms. The first kappa shape index (κ1) is 27.9. The van der Waals surface area contributed by atoms with Gasteiger partial charge in [0.1, 0.15) is 10.6 Å². The Bertz CT molecular complexity index is 1010. The molecule has 0 unspecified atom stereocenters. The fraction of sp³-hybridized carbons (Fsp3) is 0.391. The minimum absolute atomic E-state index is 0.0160. The van der Waals surface area contributed by atoms with E-state index in [-0.39, 0.29) is 16.2 Å². The molecule has 0 saturated heterocycles. The van der Waals surface area contributed by atoms with Crippen molar-refractivity contribution in [1.82, 2.24) is 4.90 Å². The fourth-order valence-corrected chi connectivity index (χ4v) is 3.50. The third-order valence-electron chi connectivity index (χ3n) is 4.77. The third-order valence-corrected chi connectivity index (χ3v) is 5.69. The number of hydrogen-bond donors (Lipinski definition) is 2. The maximum Gasteiger partial charge on any atom is 0.335 e. The number of amides is 1. The summed E-state index contributed by atoms with van der Waals surface area (Å²) in [5, 5.41) is 14.7. The van der Waals surface area contributed by atoms with Crippen molar-refractivity contribution in [3.05, 3.63) is 48.0 Å². The number of hydrogen-bond acceptors (Lipinski definition) is 6. The average Bonchev–Trinajstić information content (AvgIpc) is 2.79. The van der Waals surface area contributed by atoms with E-state index in [9.17, 15) is 23.1 Å². The first-order valence-electron chi connectivity index (χ1n) is 10.7. The molecule has 0 bridgehead atoms. The zero-order valence-corrected chi connectivity index (χ0v) is 20.3. The molecule has 1 amide bonds. The van der Waals surface area contributed by atoms with Gasteiger partial charge in [0.2, 0.25) is 16.4 Å². The lowest BCUT2D eigenvalue weighted by Crippen LogP contribution is -2.22. The summed E-state index contributed by atoms with van der Waals surface area (Å²) in [6, 6.07) is 11.1. The largest absolute Gasteiger partial charge is 0.478 e. The SMILES string of the molecule is CCCCN(C)c1cc(C(=O)O)cc(S(N)(=O)=O)c1Oc1ccccc1.CCN(C=O)CC. The number of benzene rings is 2. The van der Waals surface area contributed by atoms with Gasteiger partial charge in [-0.3, -0.25) is 4.79 Å². The number of anilines is 1. The van der Waals surface area contributed by atoms with E-state index in [1.54, 1.807) is 47.2 Å². The number of ether oxygens (including phenoxy) is 1. The van der Waals surface area contributed by atoms with Gasteiger partial charge in [0.15, 0.2) is 5.75 Å². The molecule has 0 spiro atoms. The molecule has 0 aliphatic carbocycles. The molecule has 0 aromatic heterocycles. The number of primary sulfonamides is 1. The Kier molecular flexibility index (Phi) is 11.4. The lowest BCUT2D eigenvalue weighted by atomic mass is 10.1. The zero-order valence-electron chi connectivity index (χ0n) is 19.5. The highest BCUT2D eigenvalue weighted by molar-refractivity contribution is 7.89. The molecule has 0 fully saturated rings. The van der Waals surface area contributed by atoms with Gasteiger partial charge < -0.3 is 19.6 Å². The topological polar surface area (TPSA) is 130 Å². The number of para-hydroxylation sites is 1. The van der Waals surface area contributed by atoms with Gasteiger partial charge in [-0.05, 0) is 44.5 Å². The molecule has 2 aromatic rings. The summed E-state index contributed by atoms with van der Waals surface area (Å²) < 4.78 is 30.0. The smallest absolute Gasteiger partial charge is 0.335 e. The minimum Gasteiger partial charge on any atom is -0.478 e. The molecule has 182 valence electrons. The van der Waals surface area contributed by atoms with Crippen LogP contribution in [0, 0.1) is 0 Å². The monoisotopic (exact) mass is 479 g/mol. The van der Waals surface area contributed by atoms with E-state index in [0.717, 1.165) is 38.4 Å². The lowest BCUT2D eigenvalue weighted by molar-refractivity contribution is -0.117. The van der Waals surface area contributed by atoms with Crippen LogP contribution in [0.15, 0.2) is 47.4 Å². The molecule has 0 aliphatic heterocycles. The normalized spacial score (nSPS) is 10.6. The van der Waals surface area contributed by atoms with Crippen molar-refractivity contribution in [3.63, 3.8) is 0 Å². The molecule has 0 atom stereocenters. The molecule has 2 aromatic carbocycles. The van der Waals surface area contributed by atoms with Gasteiger partial charge in [-0.1, -0.05) is 31.5 Å². The van der Waals surface area contributed by atoms with Gasteiger partial charge in [0.05, 0.1) is 11.3 Å². The van der Waals surface area contributed by atoms with Crippen molar-refractivity contribution in [1.29, 1.82) is 0 Å². The Balaban J connectivity index is 0.000000675. The predicted octanol–water partition coefficient (Wildman–Crippen LogP) is 3.55. The van der Waals surface area contributed by atoms with E-state index in [1.165, 1.54) is 6.07 Å². The van der Waals surface area contributed by atoms with Crippen LogP contribution in [-0.4, -0.2) is 57.5 Å². The number of carboxylic acids is 1. The lowest BCUT2D eigenvalue weighted by Gasteiger charge is -2.24. The first-order valence-corrected chi connectivity index (χ1v) is 12.2. The molecular weight excluding hydrogens is 446 g/mol. The van der Waals surface area contributed by atoms with Crippen LogP contribution in [0.5, 0.6) is 11.5 Å². The second kappa shape index (κ2) is 13.4. The molecule has 0 aliphatic rings. The highest BCUT2D eigenvalue weighted by atomic mass is 32.2. The summed E-state index contributed by atoms with van der Waals surface area (Å²) in [5.41, 5.74) is 0.180. The predicted molar refractivity (Wildman–Crippen MR) is 128 cm³/mol. The van der Waals surface area contributed by atoms with E-state index in [1.807, 2.05) is 20.8 Å². The second-order valence-corrected chi connectivity index (χ2v) is 8.72. The highest BCUT2D eigenvalue weighted by Gasteiger charge is 2.25. The quantitative estimate of drug-likeness (QED) is 0.471. The van der Waals surface area contributed by atoms with Gasteiger partial charge in [-0.25, -0.2) is 18.4 Å². The van der Waals surface area contributed by atoms with Crippen LogP contribution in [0.4, 0.5) is 5.69 Å². The van der Waals surface area contributed by atoms with Crippen molar-refractivity contribution in [3.8, 4) is 11.5 Å². The number of carboxylic acid groups (broad SMARTS) is 1. The summed E-state index contributed by atoms with van der Waals surface area (Å²) in [6.07, 6.45) is 2.64.